The molecule has 4 aromatic rings. The minimum absolute atomic E-state index is 0.104. The predicted octanol–water partition coefficient (Wildman–Crippen LogP) is 3.03. The van der Waals surface area contributed by atoms with Gasteiger partial charge in [-0.2, -0.15) is 9.50 Å². The van der Waals surface area contributed by atoms with E-state index in [0.29, 0.717) is 17.0 Å². The molecule has 1 amide bonds. The third-order valence-electron chi connectivity index (χ3n) is 5.06. The van der Waals surface area contributed by atoms with Crippen molar-refractivity contribution < 1.29 is 13.9 Å². The lowest BCUT2D eigenvalue weighted by atomic mass is 10.1. The number of carbonyl (C=O) groups excluding carboxylic acids is 1. The number of halogens is 1. The van der Waals surface area contributed by atoms with Crippen molar-refractivity contribution in [3.63, 3.8) is 0 Å². The number of amides is 1. The molecule has 0 fully saturated rings. The molecule has 1 N–H and O–H groups in total. The van der Waals surface area contributed by atoms with Crippen molar-refractivity contribution in [2.45, 2.75) is 20.4 Å². The van der Waals surface area contributed by atoms with E-state index in [1.54, 1.807) is 27.0 Å². The van der Waals surface area contributed by atoms with Gasteiger partial charge in [-0.3, -0.25) is 19.6 Å². The number of methoxy groups -OCH3 is 1. The van der Waals surface area contributed by atoms with Crippen molar-refractivity contribution in [1.29, 1.82) is 0 Å². The second-order valence-corrected chi connectivity index (χ2v) is 7.02. The summed E-state index contributed by atoms with van der Waals surface area (Å²) in [4.78, 5) is 36.0. The van der Waals surface area contributed by atoms with Crippen molar-refractivity contribution in [1.82, 2.24) is 19.6 Å². The topological polar surface area (TPSA) is 92.6 Å². The van der Waals surface area contributed by atoms with Crippen LogP contribution in [0.3, 0.4) is 0 Å². The molecule has 9 heteroatoms. The average molecular weight is 421 g/mol. The highest BCUT2D eigenvalue weighted by atomic mass is 19.1. The lowest BCUT2D eigenvalue weighted by molar-refractivity contribution is 0.0983. The standard InChI is InChI=1S/C22H20FN5O3/c1-13-14(2)24-21-25-22(26-28(21)19(13)29)27(12-16-6-4-5-7-18(16)31-3)20(30)15-8-10-17(23)11-9-15/h4-11H,12H2,1-3H3,(H,24,25,26). The Kier molecular flexibility index (Phi) is 5.24. The van der Waals surface area contributed by atoms with Crippen molar-refractivity contribution >= 4 is 17.6 Å². The van der Waals surface area contributed by atoms with Crippen molar-refractivity contribution in [3.8, 4) is 5.75 Å². The third-order valence-corrected chi connectivity index (χ3v) is 5.06. The minimum Gasteiger partial charge on any atom is -0.496 e. The molecular weight excluding hydrogens is 401 g/mol. The normalized spacial score (nSPS) is 11.0. The number of aromatic nitrogens is 4. The first-order chi connectivity index (χ1) is 14.9. The van der Waals surface area contributed by atoms with Gasteiger partial charge in [-0.15, -0.1) is 0 Å². The maximum atomic E-state index is 13.4. The van der Waals surface area contributed by atoms with Gasteiger partial charge < -0.3 is 4.74 Å². The molecule has 0 spiro atoms. The highest BCUT2D eigenvalue weighted by Gasteiger charge is 2.24. The first-order valence-corrected chi connectivity index (χ1v) is 9.54. The molecule has 158 valence electrons. The Bertz CT molecular complexity index is 1330. The van der Waals surface area contributed by atoms with Gasteiger partial charge in [0.05, 0.1) is 13.7 Å². The summed E-state index contributed by atoms with van der Waals surface area (Å²) in [6.07, 6.45) is 0. The quantitative estimate of drug-likeness (QED) is 0.535. The van der Waals surface area contributed by atoms with Crippen molar-refractivity contribution in [3.05, 3.63) is 87.1 Å². The molecule has 0 unspecified atom stereocenters. The molecule has 0 bridgehead atoms. The van der Waals surface area contributed by atoms with Gasteiger partial charge in [-0.25, -0.2) is 9.37 Å². The number of H-pyrrole nitrogens is 1. The SMILES string of the molecule is COc1ccccc1CN(C(=O)c1ccc(F)cc1)c1nc2nc(C)c(C)c(=O)n2[nH]1. The number of ether oxygens (including phenoxy) is 1. The fourth-order valence-electron chi connectivity index (χ4n) is 3.21. The molecule has 0 aliphatic rings. The summed E-state index contributed by atoms with van der Waals surface area (Å²) in [5.41, 5.74) is 1.74. The molecule has 2 aromatic heterocycles. The molecule has 2 heterocycles. The summed E-state index contributed by atoms with van der Waals surface area (Å²) in [5, 5.41) is 2.87. The van der Waals surface area contributed by atoms with E-state index in [0.717, 1.165) is 5.56 Å². The van der Waals surface area contributed by atoms with Crippen LogP contribution >= 0.6 is 0 Å². The second-order valence-electron chi connectivity index (χ2n) is 7.02. The number of carbonyl (C=O) groups is 1. The Morgan fingerprint density at radius 3 is 2.55 bits per heavy atom. The molecular formula is C22H20FN5O3. The van der Waals surface area contributed by atoms with E-state index < -0.39 is 11.7 Å². The van der Waals surface area contributed by atoms with Gasteiger partial charge in [0.2, 0.25) is 5.95 Å². The van der Waals surface area contributed by atoms with E-state index in [2.05, 4.69) is 15.1 Å². The van der Waals surface area contributed by atoms with Crippen molar-refractivity contribution in [2.75, 3.05) is 12.0 Å². The molecule has 0 aliphatic carbocycles. The zero-order valence-corrected chi connectivity index (χ0v) is 17.2. The molecule has 0 saturated carbocycles. The van der Waals surface area contributed by atoms with E-state index >= 15 is 0 Å². The zero-order chi connectivity index (χ0) is 22.1. The summed E-state index contributed by atoms with van der Waals surface area (Å²) in [6.45, 7) is 3.50. The fourth-order valence-corrected chi connectivity index (χ4v) is 3.21. The number of rotatable bonds is 5. The highest BCUT2D eigenvalue weighted by Crippen LogP contribution is 2.23. The third kappa shape index (κ3) is 3.77. The number of anilines is 1. The van der Waals surface area contributed by atoms with Gasteiger partial charge in [-0.05, 0) is 44.2 Å². The number of nitrogens with zero attached hydrogens (tertiary/aromatic N) is 4. The van der Waals surface area contributed by atoms with Gasteiger partial charge in [-0.1, -0.05) is 18.2 Å². The van der Waals surface area contributed by atoms with Crippen molar-refractivity contribution in [2.24, 2.45) is 0 Å². The van der Waals surface area contributed by atoms with E-state index in [9.17, 15) is 14.0 Å². The smallest absolute Gasteiger partial charge is 0.277 e. The van der Waals surface area contributed by atoms with Gasteiger partial charge in [0.15, 0.2) is 0 Å². The van der Waals surface area contributed by atoms with Crippen LogP contribution in [0.4, 0.5) is 10.3 Å². The lowest BCUT2D eigenvalue weighted by Crippen LogP contribution is -2.32. The van der Waals surface area contributed by atoms with Crippen LogP contribution in [0.25, 0.3) is 5.78 Å². The number of aromatic amines is 1. The minimum atomic E-state index is -0.446. The van der Waals surface area contributed by atoms with Gasteiger partial charge in [0, 0.05) is 22.4 Å². The number of nitrogens with one attached hydrogen (secondary N) is 1. The van der Waals surface area contributed by atoms with E-state index in [1.165, 1.54) is 33.7 Å². The van der Waals surface area contributed by atoms with Crippen LogP contribution in [0.15, 0.2) is 53.3 Å². The number of para-hydroxylation sites is 1. The zero-order valence-electron chi connectivity index (χ0n) is 17.2. The molecule has 8 nitrogen and oxygen atoms in total. The molecule has 0 saturated heterocycles. The van der Waals surface area contributed by atoms with Gasteiger partial charge in [0.25, 0.3) is 17.2 Å². The summed E-state index contributed by atoms with van der Waals surface area (Å²) >= 11 is 0. The lowest BCUT2D eigenvalue weighted by Gasteiger charge is -2.21. The van der Waals surface area contributed by atoms with Crippen LogP contribution in [-0.4, -0.2) is 32.6 Å². The Morgan fingerprint density at radius 2 is 1.84 bits per heavy atom. The first kappa shape index (κ1) is 20.3. The van der Waals surface area contributed by atoms with Crippen LogP contribution < -0.4 is 15.2 Å². The number of hydrogen-bond acceptors (Lipinski definition) is 5. The molecule has 0 radical (unpaired) electrons. The maximum absolute atomic E-state index is 13.4. The van der Waals surface area contributed by atoms with Crippen LogP contribution in [0.5, 0.6) is 5.75 Å². The largest absolute Gasteiger partial charge is 0.496 e. The van der Waals surface area contributed by atoms with Gasteiger partial charge >= 0.3 is 0 Å². The van der Waals surface area contributed by atoms with Crippen LogP contribution in [0.1, 0.15) is 27.2 Å². The molecule has 0 aliphatic heterocycles. The molecule has 2 aromatic carbocycles. The molecule has 31 heavy (non-hydrogen) atoms. The van der Waals surface area contributed by atoms with Crippen LogP contribution in [0.2, 0.25) is 0 Å². The van der Waals surface area contributed by atoms with E-state index in [4.69, 9.17) is 4.74 Å². The number of aryl methyl sites for hydroxylation is 1. The monoisotopic (exact) mass is 421 g/mol. The Hall–Kier alpha value is -4.01. The second kappa shape index (κ2) is 8.02. The average Bonchev–Trinajstić information content (AvgIpc) is 3.20. The molecule has 4 rings (SSSR count). The Morgan fingerprint density at radius 1 is 1.13 bits per heavy atom. The number of benzene rings is 2. The Balaban J connectivity index is 1.84. The Labute approximate surface area is 176 Å². The predicted molar refractivity (Wildman–Crippen MR) is 113 cm³/mol. The maximum Gasteiger partial charge on any atom is 0.277 e. The van der Waals surface area contributed by atoms with Crippen LogP contribution in [-0.2, 0) is 6.54 Å². The molecule has 0 atom stereocenters. The fraction of sp³-hybridized carbons (Fsp3) is 0.182. The first-order valence-electron chi connectivity index (χ1n) is 9.54. The summed E-state index contributed by atoms with van der Waals surface area (Å²) in [5.74, 6) is 0.0112. The highest BCUT2D eigenvalue weighted by molar-refractivity contribution is 6.05. The van der Waals surface area contributed by atoms with Crippen LogP contribution in [0, 0.1) is 19.7 Å². The number of hydrogen-bond donors (Lipinski definition) is 1. The number of fused-ring (bicyclic) bond motifs is 1. The van der Waals surface area contributed by atoms with E-state index in [-0.39, 0.29) is 29.4 Å². The summed E-state index contributed by atoms with van der Waals surface area (Å²) in [6, 6.07) is 12.5. The summed E-state index contributed by atoms with van der Waals surface area (Å²) in [7, 11) is 1.54. The van der Waals surface area contributed by atoms with E-state index in [1.807, 2.05) is 18.2 Å². The van der Waals surface area contributed by atoms with Gasteiger partial charge in [0.1, 0.15) is 11.6 Å². The summed E-state index contributed by atoms with van der Waals surface area (Å²) < 4.78 is 20.0.